The topological polar surface area (TPSA) is 52.7 Å². The standard InChI is InChI=1S/C9H15N3O2/c13-7-11-1-3-12(4-2-11)9(14)8-5-10-6-8/h7-8,10H,1-6H2. The van der Waals surface area contributed by atoms with E-state index in [4.69, 9.17) is 0 Å². The van der Waals surface area contributed by atoms with Crippen LogP contribution in [0.25, 0.3) is 0 Å². The molecular weight excluding hydrogens is 182 g/mol. The van der Waals surface area contributed by atoms with Gasteiger partial charge in [-0.1, -0.05) is 0 Å². The highest BCUT2D eigenvalue weighted by molar-refractivity contribution is 5.80. The molecule has 5 nitrogen and oxygen atoms in total. The lowest BCUT2D eigenvalue weighted by molar-refractivity contribution is -0.140. The summed E-state index contributed by atoms with van der Waals surface area (Å²) >= 11 is 0. The number of rotatable bonds is 2. The van der Waals surface area contributed by atoms with Crippen molar-refractivity contribution in [3.63, 3.8) is 0 Å². The number of amides is 2. The minimum Gasteiger partial charge on any atom is -0.342 e. The Balaban J connectivity index is 1.82. The fraction of sp³-hybridized carbons (Fsp3) is 0.778. The Morgan fingerprint density at radius 2 is 1.86 bits per heavy atom. The number of carbonyl (C=O) groups is 2. The molecule has 0 aliphatic carbocycles. The number of hydrogen-bond acceptors (Lipinski definition) is 3. The summed E-state index contributed by atoms with van der Waals surface area (Å²) in [5.41, 5.74) is 0. The van der Waals surface area contributed by atoms with E-state index in [2.05, 4.69) is 5.32 Å². The predicted octanol–water partition coefficient (Wildman–Crippen LogP) is -1.49. The average Bonchev–Trinajstić information content (AvgIpc) is 2.15. The molecule has 0 unspecified atom stereocenters. The Kier molecular flexibility index (Phi) is 2.67. The van der Waals surface area contributed by atoms with Crippen LogP contribution in [0.3, 0.4) is 0 Å². The van der Waals surface area contributed by atoms with Gasteiger partial charge in [-0.15, -0.1) is 0 Å². The molecule has 14 heavy (non-hydrogen) atoms. The van der Waals surface area contributed by atoms with Crippen molar-refractivity contribution < 1.29 is 9.59 Å². The van der Waals surface area contributed by atoms with Crippen LogP contribution in [0, 0.1) is 5.92 Å². The van der Waals surface area contributed by atoms with Gasteiger partial charge >= 0.3 is 0 Å². The summed E-state index contributed by atoms with van der Waals surface area (Å²) in [6, 6.07) is 0. The zero-order valence-electron chi connectivity index (χ0n) is 8.11. The SMILES string of the molecule is O=CN1CCN(C(=O)C2CNC2)CC1. The summed E-state index contributed by atoms with van der Waals surface area (Å²) in [4.78, 5) is 25.8. The van der Waals surface area contributed by atoms with Crippen molar-refractivity contribution in [2.75, 3.05) is 39.3 Å². The van der Waals surface area contributed by atoms with Crippen molar-refractivity contribution in [2.24, 2.45) is 5.92 Å². The second kappa shape index (κ2) is 3.96. The summed E-state index contributed by atoms with van der Waals surface area (Å²) in [7, 11) is 0. The molecule has 0 aromatic heterocycles. The molecule has 2 aliphatic heterocycles. The molecule has 2 heterocycles. The summed E-state index contributed by atoms with van der Waals surface area (Å²) in [6.45, 7) is 4.35. The van der Waals surface area contributed by atoms with Crippen LogP contribution in [-0.2, 0) is 9.59 Å². The smallest absolute Gasteiger partial charge is 0.228 e. The molecule has 2 aliphatic rings. The zero-order valence-corrected chi connectivity index (χ0v) is 8.11. The lowest BCUT2D eigenvalue weighted by Gasteiger charge is -2.37. The average molecular weight is 197 g/mol. The van der Waals surface area contributed by atoms with Crippen molar-refractivity contribution >= 4 is 12.3 Å². The quantitative estimate of drug-likeness (QED) is 0.548. The van der Waals surface area contributed by atoms with E-state index in [9.17, 15) is 9.59 Å². The molecule has 1 N–H and O–H groups in total. The highest BCUT2D eigenvalue weighted by Gasteiger charge is 2.30. The molecule has 0 spiro atoms. The monoisotopic (exact) mass is 197 g/mol. The van der Waals surface area contributed by atoms with E-state index in [-0.39, 0.29) is 11.8 Å². The molecule has 0 atom stereocenters. The molecule has 2 saturated heterocycles. The van der Waals surface area contributed by atoms with E-state index in [1.807, 2.05) is 4.90 Å². The van der Waals surface area contributed by atoms with Crippen LogP contribution in [0.1, 0.15) is 0 Å². The van der Waals surface area contributed by atoms with E-state index in [0.717, 1.165) is 19.5 Å². The number of piperazine rings is 1. The van der Waals surface area contributed by atoms with E-state index in [0.29, 0.717) is 26.2 Å². The number of nitrogens with one attached hydrogen (secondary N) is 1. The highest BCUT2D eigenvalue weighted by atomic mass is 16.2. The fourth-order valence-electron chi connectivity index (χ4n) is 1.77. The van der Waals surface area contributed by atoms with Gasteiger partial charge in [-0.2, -0.15) is 0 Å². The molecule has 2 fully saturated rings. The molecule has 2 amide bonds. The maximum absolute atomic E-state index is 11.8. The van der Waals surface area contributed by atoms with Gasteiger partial charge in [-0.3, -0.25) is 9.59 Å². The first-order chi connectivity index (χ1) is 6.81. The maximum Gasteiger partial charge on any atom is 0.228 e. The minimum absolute atomic E-state index is 0.179. The zero-order chi connectivity index (χ0) is 9.97. The Morgan fingerprint density at radius 3 is 2.29 bits per heavy atom. The Morgan fingerprint density at radius 1 is 1.21 bits per heavy atom. The largest absolute Gasteiger partial charge is 0.342 e. The third-order valence-electron chi connectivity index (χ3n) is 2.91. The molecule has 2 rings (SSSR count). The van der Waals surface area contributed by atoms with E-state index in [1.54, 1.807) is 4.90 Å². The van der Waals surface area contributed by atoms with Crippen LogP contribution in [0.4, 0.5) is 0 Å². The first kappa shape index (κ1) is 9.45. The van der Waals surface area contributed by atoms with Crippen molar-refractivity contribution in [3.8, 4) is 0 Å². The lowest BCUT2D eigenvalue weighted by Crippen LogP contribution is -2.56. The highest BCUT2D eigenvalue weighted by Crippen LogP contribution is 2.10. The number of hydrogen-bond donors (Lipinski definition) is 1. The van der Waals surface area contributed by atoms with Crippen molar-refractivity contribution in [1.29, 1.82) is 0 Å². The molecule has 0 aromatic rings. The third-order valence-corrected chi connectivity index (χ3v) is 2.91. The molecule has 5 heteroatoms. The molecule has 0 saturated carbocycles. The van der Waals surface area contributed by atoms with Gasteiger partial charge in [0.15, 0.2) is 0 Å². The van der Waals surface area contributed by atoms with Crippen LogP contribution in [0.2, 0.25) is 0 Å². The fourth-order valence-corrected chi connectivity index (χ4v) is 1.77. The Hall–Kier alpha value is -1.10. The molecule has 0 radical (unpaired) electrons. The maximum atomic E-state index is 11.8. The van der Waals surface area contributed by atoms with Gasteiger partial charge < -0.3 is 15.1 Å². The molecule has 0 bridgehead atoms. The van der Waals surface area contributed by atoms with E-state index >= 15 is 0 Å². The summed E-state index contributed by atoms with van der Waals surface area (Å²) in [5, 5.41) is 3.09. The van der Waals surface area contributed by atoms with Gasteiger partial charge in [-0.05, 0) is 0 Å². The van der Waals surface area contributed by atoms with Gasteiger partial charge in [0.2, 0.25) is 12.3 Å². The molecule has 78 valence electrons. The van der Waals surface area contributed by atoms with Crippen molar-refractivity contribution in [1.82, 2.24) is 15.1 Å². The summed E-state index contributed by atoms with van der Waals surface area (Å²) in [5.74, 6) is 0.423. The normalized spacial score (nSPS) is 23.1. The minimum atomic E-state index is 0.179. The first-order valence-electron chi connectivity index (χ1n) is 5.00. The molecule has 0 aromatic carbocycles. The predicted molar refractivity (Wildman–Crippen MR) is 50.6 cm³/mol. The van der Waals surface area contributed by atoms with E-state index < -0.39 is 0 Å². The van der Waals surface area contributed by atoms with Gasteiger partial charge in [0.25, 0.3) is 0 Å². The van der Waals surface area contributed by atoms with Crippen LogP contribution in [0.5, 0.6) is 0 Å². The second-order valence-electron chi connectivity index (χ2n) is 3.82. The van der Waals surface area contributed by atoms with Crippen LogP contribution >= 0.6 is 0 Å². The van der Waals surface area contributed by atoms with Crippen molar-refractivity contribution in [2.45, 2.75) is 0 Å². The van der Waals surface area contributed by atoms with Gasteiger partial charge in [0.1, 0.15) is 0 Å². The second-order valence-corrected chi connectivity index (χ2v) is 3.82. The Labute approximate surface area is 83.0 Å². The third kappa shape index (κ3) is 1.72. The van der Waals surface area contributed by atoms with Crippen LogP contribution in [-0.4, -0.2) is 61.4 Å². The number of nitrogens with zero attached hydrogens (tertiary/aromatic N) is 2. The summed E-state index contributed by atoms with van der Waals surface area (Å²) < 4.78 is 0. The van der Waals surface area contributed by atoms with Gasteiger partial charge in [0, 0.05) is 39.3 Å². The number of carbonyl (C=O) groups excluding carboxylic acids is 2. The van der Waals surface area contributed by atoms with Gasteiger partial charge in [-0.25, -0.2) is 0 Å². The van der Waals surface area contributed by atoms with Gasteiger partial charge in [0.05, 0.1) is 5.92 Å². The molecular formula is C9H15N3O2. The van der Waals surface area contributed by atoms with Crippen LogP contribution < -0.4 is 5.32 Å². The van der Waals surface area contributed by atoms with Crippen molar-refractivity contribution in [3.05, 3.63) is 0 Å². The lowest BCUT2D eigenvalue weighted by atomic mass is 10.0. The Bertz CT molecular complexity index is 232. The summed E-state index contributed by atoms with van der Waals surface area (Å²) in [6.07, 6.45) is 0.854. The van der Waals surface area contributed by atoms with E-state index in [1.165, 1.54) is 0 Å². The first-order valence-corrected chi connectivity index (χ1v) is 5.00. The van der Waals surface area contributed by atoms with Crippen LogP contribution in [0.15, 0.2) is 0 Å².